The molecule has 1 N–H and O–H groups in total. The van der Waals surface area contributed by atoms with Crippen LogP contribution in [-0.4, -0.2) is 70.9 Å². The quantitative estimate of drug-likeness (QED) is 0.769. The Balaban J connectivity index is 1.63. The lowest BCUT2D eigenvalue weighted by Crippen LogP contribution is -2.43. The summed E-state index contributed by atoms with van der Waals surface area (Å²) < 4.78 is 7.08. The summed E-state index contributed by atoms with van der Waals surface area (Å²) in [6.07, 6.45) is 3.62. The molecule has 144 valence electrons. The lowest BCUT2D eigenvalue weighted by Gasteiger charge is -2.28. The molecule has 8 nitrogen and oxygen atoms in total. The standard InChI is InChI=1S/C18H29N5O3/c1-3-26-12-6-8-19-18(25)23-11-7-15-14(13-23)16(20-21(15)2)17(24)22-9-4-5-10-22/h3-13H2,1-2H3,(H,19,25). The lowest BCUT2D eigenvalue weighted by atomic mass is 10.0. The number of likely N-dealkylation sites (tertiary alicyclic amines) is 1. The van der Waals surface area contributed by atoms with Gasteiger partial charge in [-0.2, -0.15) is 5.10 Å². The largest absolute Gasteiger partial charge is 0.382 e. The summed E-state index contributed by atoms with van der Waals surface area (Å²) in [6.45, 7) is 6.57. The molecule has 0 spiro atoms. The molecule has 1 saturated heterocycles. The topological polar surface area (TPSA) is 79.7 Å². The molecule has 0 radical (unpaired) electrons. The summed E-state index contributed by atoms with van der Waals surface area (Å²) in [6, 6.07) is -0.0874. The van der Waals surface area contributed by atoms with Gasteiger partial charge in [0.25, 0.3) is 5.91 Å². The Morgan fingerprint density at radius 1 is 1.19 bits per heavy atom. The fourth-order valence-corrected chi connectivity index (χ4v) is 3.63. The third kappa shape index (κ3) is 4.00. The van der Waals surface area contributed by atoms with E-state index in [-0.39, 0.29) is 11.9 Å². The van der Waals surface area contributed by atoms with Crippen LogP contribution in [0, 0.1) is 0 Å². The van der Waals surface area contributed by atoms with Gasteiger partial charge in [0.05, 0.1) is 6.54 Å². The average Bonchev–Trinajstić information content (AvgIpc) is 3.29. The first kappa shape index (κ1) is 18.7. The highest BCUT2D eigenvalue weighted by Gasteiger charge is 2.31. The van der Waals surface area contributed by atoms with Crippen molar-refractivity contribution in [2.75, 3.05) is 39.4 Å². The van der Waals surface area contributed by atoms with Crippen LogP contribution in [0.2, 0.25) is 0 Å². The summed E-state index contributed by atoms with van der Waals surface area (Å²) in [5.74, 6) is -0.00155. The fraction of sp³-hybridized carbons (Fsp3) is 0.722. The van der Waals surface area contributed by atoms with E-state index in [0.29, 0.717) is 38.5 Å². The number of hydrogen-bond acceptors (Lipinski definition) is 4. The van der Waals surface area contributed by atoms with Gasteiger partial charge in [0.15, 0.2) is 5.69 Å². The summed E-state index contributed by atoms with van der Waals surface area (Å²) in [5.41, 5.74) is 2.48. The second kappa shape index (κ2) is 8.53. The highest BCUT2D eigenvalue weighted by Crippen LogP contribution is 2.24. The maximum Gasteiger partial charge on any atom is 0.317 e. The Morgan fingerprint density at radius 3 is 2.69 bits per heavy atom. The first-order valence-electron chi connectivity index (χ1n) is 9.56. The Bertz CT molecular complexity index is 651. The van der Waals surface area contributed by atoms with Crippen LogP contribution in [0.4, 0.5) is 4.79 Å². The fourth-order valence-electron chi connectivity index (χ4n) is 3.63. The molecule has 1 aromatic rings. The van der Waals surface area contributed by atoms with Gasteiger partial charge in [-0.3, -0.25) is 9.48 Å². The van der Waals surface area contributed by atoms with Crippen LogP contribution in [0.15, 0.2) is 0 Å². The molecule has 0 saturated carbocycles. The van der Waals surface area contributed by atoms with Gasteiger partial charge in [-0.05, 0) is 26.2 Å². The number of nitrogens with zero attached hydrogens (tertiary/aromatic N) is 4. The van der Waals surface area contributed by atoms with Crippen molar-refractivity contribution in [3.05, 3.63) is 17.0 Å². The minimum absolute atomic E-state index is 0.00155. The minimum Gasteiger partial charge on any atom is -0.382 e. The molecule has 0 aromatic carbocycles. The van der Waals surface area contributed by atoms with Crippen LogP contribution < -0.4 is 5.32 Å². The minimum atomic E-state index is -0.0874. The van der Waals surface area contributed by atoms with Crippen molar-refractivity contribution in [3.8, 4) is 0 Å². The van der Waals surface area contributed by atoms with Gasteiger partial charge in [-0.1, -0.05) is 0 Å². The van der Waals surface area contributed by atoms with Crippen molar-refractivity contribution >= 4 is 11.9 Å². The van der Waals surface area contributed by atoms with E-state index in [2.05, 4.69) is 10.4 Å². The van der Waals surface area contributed by atoms with Crippen molar-refractivity contribution in [2.45, 2.75) is 39.2 Å². The molecule has 0 unspecified atom stereocenters. The normalized spacial score (nSPS) is 16.7. The van der Waals surface area contributed by atoms with Gasteiger partial charge < -0.3 is 19.9 Å². The molecule has 3 rings (SSSR count). The van der Waals surface area contributed by atoms with E-state index in [4.69, 9.17) is 4.74 Å². The number of ether oxygens (including phenoxy) is 1. The molecular weight excluding hydrogens is 334 g/mol. The molecule has 26 heavy (non-hydrogen) atoms. The number of urea groups is 1. The van der Waals surface area contributed by atoms with Crippen molar-refractivity contribution in [3.63, 3.8) is 0 Å². The number of nitrogens with one attached hydrogen (secondary N) is 1. The lowest BCUT2D eigenvalue weighted by molar-refractivity contribution is 0.0783. The predicted molar refractivity (Wildman–Crippen MR) is 97.0 cm³/mol. The first-order chi connectivity index (χ1) is 12.6. The van der Waals surface area contributed by atoms with Gasteiger partial charge in [0.1, 0.15) is 0 Å². The van der Waals surface area contributed by atoms with Crippen LogP contribution in [0.25, 0.3) is 0 Å². The second-order valence-electron chi connectivity index (χ2n) is 6.85. The van der Waals surface area contributed by atoms with Gasteiger partial charge in [-0.25, -0.2) is 4.79 Å². The molecule has 0 atom stereocenters. The maximum atomic E-state index is 12.8. The van der Waals surface area contributed by atoms with E-state index in [1.807, 2.05) is 18.9 Å². The van der Waals surface area contributed by atoms with Gasteiger partial charge in [0.2, 0.25) is 0 Å². The second-order valence-corrected chi connectivity index (χ2v) is 6.85. The maximum absolute atomic E-state index is 12.8. The number of fused-ring (bicyclic) bond motifs is 1. The number of rotatable bonds is 6. The SMILES string of the molecule is CCOCCCNC(=O)N1CCc2c(c(C(=O)N3CCCC3)nn2C)C1. The smallest absolute Gasteiger partial charge is 0.317 e. The van der Waals surface area contributed by atoms with Crippen molar-refractivity contribution in [1.29, 1.82) is 0 Å². The van der Waals surface area contributed by atoms with Crippen molar-refractivity contribution in [2.24, 2.45) is 7.05 Å². The van der Waals surface area contributed by atoms with Crippen LogP contribution >= 0.6 is 0 Å². The predicted octanol–water partition coefficient (Wildman–Crippen LogP) is 1.15. The number of aryl methyl sites for hydroxylation is 1. The monoisotopic (exact) mass is 363 g/mol. The molecular formula is C18H29N5O3. The van der Waals surface area contributed by atoms with Crippen molar-refractivity contribution < 1.29 is 14.3 Å². The molecule has 1 aromatic heterocycles. The van der Waals surface area contributed by atoms with E-state index in [1.54, 1.807) is 9.58 Å². The summed E-state index contributed by atoms with van der Waals surface area (Å²) >= 11 is 0. The molecule has 8 heteroatoms. The summed E-state index contributed by atoms with van der Waals surface area (Å²) in [7, 11) is 1.88. The molecule has 2 aliphatic rings. The first-order valence-corrected chi connectivity index (χ1v) is 9.56. The van der Waals surface area contributed by atoms with Crippen LogP contribution in [0.3, 0.4) is 0 Å². The van der Waals surface area contributed by atoms with Crippen LogP contribution in [-0.2, 0) is 24.8 Å². The Hall–Kier alpha value is -2.09. The van der Waals surface area contributed by atoms with Gasteiger partial charge in [-0.15, -0.1) is 0 Å². The van der Waals surface area contributed by atoms with E-state index in [1.165, 1.54) is 0 Å². The van der Waals surface area contributed by atoms with Gasteiger partial charge >= 0.3 is 6.03 Å². The third-order valence-corrected chi connectivity index (χ3v) is 5.07. The Morgan fingerprint density at radius 2 is 1.96 bits per heavy atom. The molecule has 2 aliphatic heterocycles. The van der Waals surface area contributed by atoms with E-state index < -0.39 is 0 Å². The van der Waals surface area contributed by atoms with E-state index in [9.17, 15) is 9.59 Å². The van der Waals surface area contributed by atoms with Gasteiger partial charge in [0, 0.05) is 64.1 Å². The Labute approximate surface area is 154 Å². The molecule has 0 bridgehead atoms. The highest BCUT2D eigenvalue weighted by molar-refractivity contribution is 5.94. The zero-order valence-electron chi connectivity index (χ0n) is 15.8. The van der Waals surface area contributed by atoms with Crippen LogP contribution in [0.1, 0.15) is 47.9 Å². The third-order valence-electron chi connectivity index (χ3n) is 5.07. The summed E-state index contributed by atoms with van der Waals surface area (Å²) in [4.78, 5) is 28.9. The van der Waals surface area contributed by atoms with E-state index >= 15 is 0 Å². The summed E-state index contributed by atoms with van der Waals surface area (Å²) in [5, 5.41) is 7.41. The molecule has 3 heterocycles. The van der Waals surface area contributed by atoms with Crippen LogP contribution in [0.5, 0.6) is 0 Å². The number of hydrogen-bond donors (Lipinski definition) is 1. The average molecular weight is 363 g/mol. The number of aromatic nitrogens is 2. The molecule has 1 fully saturated rings. The van der Waals surface area contributed by atoms with E-state index in [0.717, 1.165) is 50.0 Å². The number of carbonyl (C=O) groups is 2. The molecule has 0 aliphatic carbocycles. The molecule has 3 amide bonds. The zero-order valence-corrected chi connectivity index (χ0v) is 15.8. The van der Waals surface area contributed by atoms with Crippen molar-refractivity contribution in [1.82, 2.24) is 24.9 Å². The highest BCUT2D eigenvalue weighted by atomic mass is 16.5. The number of amides is 3. The Kier molecular flexibility index (Phi) is 6.13. The zero-order chi connectivity index (χ0) is 18.5. The number of carbonyl (C=O) groups excluding carboxylic acids is 2.